The van der Waals surface area contributed by atoms with Crippen LogP contribution in [0.15, 0.2) is 25.6 Å². The van der Waals surface area contributed by atoms with Crippen molar-refractivity contribution in [2.45, 2.75) is 26.0 Å². The Kier molecular flexibility index (Phi) is 4.07. The Bertz CT molecular complexity index is 544. The fraction of sp³-hybridized carbons (Fsp3) is 0.500. The highest BCUT2D eigenvalue weighted by Crippen LogP contribution is 2.24. The van der Waals surface area contributed by atoms with Crippen LogP contribution in [0.4, 0.5) is 0 Å². The number of nitrogens with zero attached hydrogens (tertiary/aromatic N) is 3. The molecule has 2 aromatic rings. The van der Waals surface area contributed by atoms with Crippen molar-refractivity contribution in [3.05, 3.63) is 22.7 Å². The van der Waals surface area contributed by atoms with Gasteiger partial charge in [0.2, 0.25) is 5.89 Å². The van der Waals surface area contributed by atoms with E-state index < -0.39 is 5.60 Å². The van der Waals surface area contributed by atoms with E-state index in [1.807, 2.05) is 11.9 Å². The van der Waals surface area contributed by atoms with E-state index in [-0.39, 0.29) is 0 Å². The molecular weight excluding hydrogens is 314 g/mol. The lowest BCUT2D eigenvalue weighted by atomic mass is 10.1. The van der Waals surface area contributed by atoms with Crippen molar-refractivity contribution in [3.8, 4) is 11.7 Å². The molecule has 2 aromatic heterocycles. The summed E-state index contributed by atoms with van der Waals surface area (Å²) in [6, 6.07) is 3.52. The minimum atomic E-state index is -0.760. The van der Waals surface area contributed by atoms with Gasteiger partial charge in [0, 0.05) is 6.54 Å². The van der Waals surface area contributed by atoms with Crippen molar-refractivity contribution in [2.75, 3.05) is 13.6 Å². The summed E-state index contributed by atoms with van der Waals surface area (Å²) < 4.78 is 11.5. The van der Waals surface area contributed by atoms with Crippen LogP contribution < -0.4 is 0 Å². The summed E-state index contributed by atoms with van der Waals surface area (Å²) in [6.07, 6.45) is 0. The van der Waals surface area contributed by atoms with E-state index in [9.17, 15) is 5.11 Å². The highest BCUT2D eigenvalue weighted by molar-refractivity contribution is 9.10. The van der Waals surface area contributed by atoms with Crippen molar-refractivity contribution in [3.63, 3.8) is 0 Å². The number of aliphatic hydroxyl groups is 1. The monoisotopic (exact) mass is 329 g/mol. The maximum Gasteiger partial charge on any atom is 0.283 e. The van der Waals surface area contributed by atoms with Gasteiger partial charge in [-0.2, -0.15) is 0 Å². The lowest BCUT2D eigenvalue weighted by Gasteiger charge is -2.23. The van der Waals surface area contributed by atoms with Crippen LogP contribution in [0.1, 0.15) is 19.7 Å². The molecule has 0 radical (unpaired) electrons. The van der Waals surface area contributed by atoms with Crippen LogP contribution in [0, 0.1) is 0 Å². The molecule has 0 fully saturated rings. The number of hydrogen-bond acceptors (Lipinski definition) is 6. The summed E-state index contributed by atoms with van der Waals surface area (Å²) in [6.45, 7) is 4.49. The van der Waals surface area contributed by atoms with Crippen molar-refractivity contribution < 1.29 is 13.9 Å². The predicted molar refractivity (Wildman–Crippen MR) is 72.3 cm³/mol. The third-order valence-corrected chi connectivity index (χ3v) is 2.74. The number of likely N-dealkylation sites (N-methyl/N-ethyl adjacent to an activating group) is 1. The maximum absolute atomic E-state index is 9.72. The van der Waals surface area contributed by atoms with Crippen LogP contribution in [0.5, 0.6) is 0 Å². The quantitative estimate of drug-likeness (QED) is 0.907. The highest BCUT2D eigenvalue weighted by Gasteiger charge is 2.18. The molecule has 0 atom stereocenters. The Morgan fingerprint density at radius 2 is 2.05 bits per heavy atom. The molecule has 0 aliphatic rings. The van der Waals surface area contributed by atoms with E-state index in [0.717, 1.165) is 0 Å². The van der Waals surface area contributed by atoms with Gasteiger partial charge in [0.15, 0.2) is 10.4 Å². The van der Waals surface area contributed by atoms with E-state index in [0.29, 0.717) is 35.3 Å². The Hall–Kier alpha value is -1.18. The van der Waals surface area contributed by atoms with Crippen LogP contribution in [0.25, 0.3) is 11.7 Å². The van der Waals surface area contributed by atoms with Crippen molar-refractivity contribution in [2.24, 2.45) is 0 Å². The first kappa shape index (κ1) is 14.2. The van der Waals surface area contributed by atoms with Gasteiger partial charge in [0.25, 0.3) is 5.89 Å². The summed E-state index contributed by atoms with van der Waals surface area (Å²) in [5, 5.41) is 17.6. The van der Waals surface area contributed by atoms with Gasteiger partial charge >= 0.3 is 0 Å². The van der Waals surface area contributed by atoms with E-state index in [2.05, 4.69) is 26.1 Å². The first-order valence-corrected chi connectivity index (χ1v) is 6.62. The fourth-order valence-corrected chi connectivity index (χ4v) is 2.10. The number of furan rings is 1. The molecule has 0 aromatic carbocycles. The van der Waals surface area contributed by atoms with Gasteiger partial charge in [-0.25, -0.2) is 0 Å². The summed E-state index contributed by atoms with van der Waals surface area (Å²) in [5.74, 6) is 1.35. The molecule has 1 N–H and O–H groups in total. The zero-order valence-corrected chi connectivity index (χ0v) is 12.6. The molecule has 0 saturated heterocycles. The molecule has 0 unspecified atom stereocenters. The topological polar surface area (TPSA) is 75.5 Å². The van der Waals surface area contributed by atoms with Crippen molar-refractivity contribution in [1.29, 1.82) is 0 Å². The Labute approximate surface area is 119 Å². The van der Waals surface area contributed by atoms with Gasteiger partial charge in [-0.3, -0.25) is 4.90 Å². The fourth-order valence-electron chi connectivity index (χ4n) is 1.79. The first-order chi connectivity index (χ1) is 8.83. The average molecular weight is 330 g/mol. The minimum absolute atomic E-state index is 0.345. The van der Waals surface area contributed by atoms with Gasteiger partial charge in [-0.1, -0.05) is 0 Å². The molecule has 104 valence electrons. The molecule has 0 bridgehead atoms. The number of aromatic nitrogens is 2. The molecule has 0 amide bonds. The molecule has 2 heterocycles. The van der Waals surface area contributed by atoms with Crippen LogP contribution in [0.3, 0.4) is 0 Å². The van der Waals surface area contributed by atoms with Crippen LogP contribution >= 0.6 is 15.9 Å². The Balaban J connectivity index is 2.01. The van der Waals surface area contributed by atoms with Crippen molar-refractivity contribution in [1.82, 2.24) is 15.1 Å². The largest absolute Gasteiger partial charge is 0.444 e. The molecule has 0 spiro atoms. The smallest absolute Gasteiger partial charge is 0.283 e. The SMILES string of the molecule is CN(Cc1nnc(-c2ccc(Br)o2)o1)CC(C)(C)O. The normalized spacial score (nSPS) is 12.3. The number of hydrogen-bond donors (Lipinski definition) is 1. The molecule has 0 aliphatic heterocycles. The lowest BCUT2D eigenvalue weighted by Crippen LogP contribution is -2.35. The summed E-state index contributed by atoms with van der Waals surface area (Å²) in [5.41, 5.74) is -0.760. The molecule has 6 nitrogen and oxygen atoms in total. The van der Waals surface area contributed by atoms with E-state index in [4.69, 9.17) is 8.83 Å². The molecule has 0 saturated carbocycles. The Morgan fingerprint density at radius 1 is 1.32 bits per heavy atom. The predicted octanol–water partition coefficient (Wildman–Crippen LogP) is 2.29. The van der Waals surface area contributed by atoms with E-state index in [1.54, 1.807) is 26.0 Å². The van der Waals surface area contributed by atoms with Gasteiger partial charge < -0.3 is 13.9 Å². The second-order valence-electron chi connectivity index (χ2n) is 5.09. The van der Waals surface area contributed by atoms with Crippen LogP contribution in [-0.2, 0) is 6.54 Å². The Morgan fingerprint density at radius 3 is 2.63 bits per heavy atom. The molecule has 7 heteroatoms. The number of halogens is 1. The third-order valence-electron chi connectivity index (χ3n) is 2.31. The second-order valence-corrected chi connectivity index (χ2v) is 5.87. The minimum Gasteiger partial charge on any atom is -0.444 e. The van der Waals surface area contributed by atoms with Gasteiger partial charge in [-0.05, 0) is 49.0 Å². The van der Waals surface area contributed by atoms with Gasteiger partial charge in [-0.15, -0.1) is 10.2 Å². The van der Waals surface area contributed by atoms with Crippen LogP contribution in [-0.4, -0.2) is 39.4 Å². The summed E-state index contributed by atoms with van der Waals surface area (Å²) in [4.78, 5) is 1.91. The lowest BCUT2D eigenvalue weighted by molar-refractivity contribution is 0.0403. The molecular formula is C12H16BrN3O3. The zero-order chi connectivity index (χ0) is 14.0. The second kappa shape index (κ2) is 5.44. The third kappa shape index (κ3) is 4.15. The highest BCUT2D eigenvalue weighted by atomic mass is 79.9. The van der Waals surface area contributed by atoms with E-state index in [1.165, 1.54) is 0 Å². The van der Waals surface area contributed by atoms with Crippen molar-refractivity contribution >= 4 is 15.9 Å². The van der Waals surface area contributed by atoms with Gasteiger partial charge in [0.05, 0.1) is 12.1 Å². The molecule has 19 heavy (non-hydrogen) atoms. The summed E-state index contributed by atoms with van der Waals surface area (Å²) in [7, 11) is 1.88. The maximum atomic E-state index is 9.72. The first-order valence-electron chi connectivity index (χ1n) is 5.82. The summed E-state index contributed by atoms with van der Waals surface area (Å²) >= 11 is 3.22. The average Bonchev–Trinajstić information content (AvgIpc) is 2.83. The zero-order valence-electron chi connectivity index (χ0n) is 11.1. The van der Waals surface area contributed by atoms with Crippen LogP contribution in [0.2, 0.25) is 0 Å². The standard InChI is InChI=1S/C12H16BrN3O3/c1-12(2,17)7-16(3)6-10-14-15-11(19-10)8-4-5-9(13)18-8/h4-5,17H,6-7H2,1-3H3. The van der Waals surface area contributed by atoms with Gasteiger partial charge in [0.1, 0.15) is 0 Å². The molecule has 0 aliphatic carbocycles. The van der Waals surface area contributed by atoms with E-state index >= 15 is 0 Å². The number of rotatable bonds is 5. The molecule has 2 rings (SSSR count).